The average Bonchev–Trinajstić information content (AvgIpc) is 3.37. The molecule has 0 saturated carbocycles. The first-order valence-corrected chi connectivity index (χ1v) is 15.4. The monoisotopic (exact) mass is 574 g/mol. The smallest absolute Gasteiger partial charge is 0.312 e. The minimum Gasteiger partial charge on any atom is -0.465 e. The summed E-state index contributed by atoms with van der Waals surface area (Å²) in [6.45, 7) is 23.3. The number of rotatable bonds is 15. The minimum atomic E-state index is -1.10. The van der Waals surface area contributed by atoms with Gasteiger partial charge in [0.25, 0.3) is 0 Å². The number of aliphatic hydroxyl groups is 1. The van der Waals surface area contributed by atoms with Crippen molar-refractivity contribution in [1.29, 1.82) is 0 Å². The van der Waals surface area contributed by atoms with Gasteiger partial charge in [0.15, 0.2) is 0 Å². The summed E-state index contributed by atoms with van der Waals surface area (Å²) in [5.41, 5.74) is -2.55. The van der Waals surface area contributed by atoms with Gasteiger partial charge in [-0.1, -0.05) is 52.7 Å². The van der Waals surface area contributed by atoms with E-state index < -0.39 is 40.6 Å². The van der Waals surface area contributed by atoms with E-state index in [-0.39, 0.29) is 36.4 Å². The number of fused-ring (bicyclic) bond motifs is 1. The summed E-state index contributed by atoms with van der Waals surface area (Å²) in [4.78, 5) is 46.3. The van der Waals surface area contributed by atoms with Crippen molar-refractivity contribution in [1.82, 2.24) is 9.80 Å². The highest BCUT2D eigenvalue weighted by molar-refractivity contribution is 5.98. The number of amides is 2. The first kappa shape index (κ1) is 33.3. The fourth-order valence-electron chi connectivity index (χ4n) is 8.00. The van der Waals surface area contributed by atoms with Crippen molar-refractivity contribution in [3.63, 3.8) is 0 Å². The molecule has 3 heterocycles. The molecule has 0 aromatic rings. The highest BCUT2D eigenvalue weighted by Gasteiger charge is 2.80. The SMILES string of the molecule is C=CCCOC(=O)[C@H]1[C@H]2C(=O)N(CCCCCCO)C(C(=O)N(CC=C)C(C)(C)CC(C)(C)C)C23CC(C)[C@]1(C)O3. The second kappa shape index (κ2) is 12.6. The van der Waals surface area contributed by atoms with E-state index in [1.54, 1.807) is 17.1 Å². The predicted molar refractivity (Wildman–Crippen MR) is 160 cm³/mol. The van der Waals surface area contributed by atoms with Gasteiger partial charge in [-0.25, -0.2) is 0 Å². The fourth-order valence-corrected chi connectivity index (χ4v) is 8.00. The number of aliphatic hydroxyl groups excluding tert-OH is 1. The maximum Gasteiger partial charge on any atom is 0.312 e. The maximum absolute atomic E-state index is 14.8. The van der Waals surface area contributed by atoms with Crippen LogP contribution in [-0.4, -0.2) is 81.8 Å². The third kappa shape index (κ3) is 6.29. The molecule has 0 aromatic carbocycles. The number of likely N-dealkylation sites (tertiary alicyclic amines) is 1. The molecule has 1 spiro atoms. The van der Waals surface area contributed by atoms with Crippen LogP contribution in [0.3, 0.4) is 0 Å². The number of esters is 1. The third-order valence-corrected chi connectivity index (χ3v) is 9.45. The van der Waals surface area contributed by atoms with Crippen molar-refractivity contribution < 1.29 is 29.0 Å². The molecule has 3 aliphatic rings. The van der Waals surface area contributed by atoms with Crippen LogP contribution in [0.4, 0.5) is 0 Å². The molecule has 6 atom stereocenters. The van der Waals surface area contributed by atoms with E-state index in [1.807, 2.05) is 18.7 Å². The zero-order valence-electron chi connectivity index (χ0n) is 26.5. The summed E-state index contributed by atoms with van der Waals surface area (Å²) in [5.74, 6) is -2.38. The van der Waals surface area contributed by atoms with E-state index in [0.717, 1.165) is 19.3 Å². The summed E-state index contributed by atoms with van der Waals surface area (Å²) < 4.78 is 12.5. The second-order valence-corrected chi connectivity index (χ2v) is 14.4. The lowest BCUT2D eigenvalue weighted by Crippen LogP contribution is -2.61. The van der Waals surface area contributed by atoms with Crippen molar-refractivity contribution in [2.24, 2.45) is 23.2 Å². The first-order valence-electron chi connectivity index (χ1n) is 15.4. The highest BCUT2D eigenvalue weighted by atomic mass is 16.6. The number of hydrogen-bond donors (Lipinski definition) is 1. The van der Waals surface area contributed by atoms with Gasteiger partial charge < -0.3 is 24.4 Å². The van der Waals surface area contributed by atoms with E-state index in [0.29, 0.717) is 38.8 Å². The van der Waals surface area contributed by atoms with Crippen LogP contribution in [0.1, 0.15) is 93.4 Å². The van der Waals surface area contributed by atoms with Crippen LogP contribution >= 0.6 is 0 Å². The molecule has 1 N–H and O–H groups in total. The molecule has 8 heteroatoms. The molecular weight excluding hydrogens is 520 g/mol. The van der Waals surface area contributed by atoms with Gasteiger partial charge in [0.05, 0.1) is 18.1 Å². The van der Waals surface area contributed by atoms with Crippen LogP contribution in [0.5, 0.6) is 0 Å². The summed E-state index contributed by atoms with van der Waals surface area (Å²) in [5, 5.41) is 9.20. The van der Waals surface area contributed by atoms with E-state index >= 15 is 0 Å². The number of ether oxygens (including phenoxy) is 2. The molecule has 41 heavy (non-hydrogen) atoms. The lowest BCUT2D eigenvalue weighted by molar-refractivity contribution is -0.163. The Morgan fingerprint density at radius 1 is 1.15 bits per heavy atom. The molecular formula is C33H54N2O6. The van der Waals surface area contributed by atoms with Gasteiger partial charge in [0.2, 0.25) is 11.8 Å². The second-order valence-electron chi connectivity index (χ2n) is 14.4. The Morgan fingerprint density at radius 2 is 1.80 bits per heavy atom. The molecule has 2 amide bonds. The normalized spacial score (nSPS) is 30.8. The topological polar surface area (TPSA) is 96.4 Å². The van der Waals surface area contributed by atoms with Crippen molar-refractivity contribution in [3.8, 4) is 0 Å². The van der Waals surface area contributed by atoms with Crippen LogP contribution in [0.2, 0.25) is 0 Å². The third-order valence-electron chi connectivity index (χ3n) is 9.45. The van der Waals surface area contributed by atoms with Gasteiger partial charge in [-0.15, -0.1) is 13.2 Å². The lowest BCUT2D eigenvalue weighted by atomic mass is 9.62. The Bertz CT molecular complexity index is 1000. The summed E-state index contributed by atoms with van der Waals surface area (Å²) in [7, 11) is 0. The summed E-state index contributed by atoms with van der Waals surface area (Å²) in [6.07, 6.45) is 8.31. The molecule has 3 rings (SSSR count). The molecule has 232 valence electrons. The Morgan fingerprint density at radius 3 is 2.39 bits per heavy atom. The van der Waals surface area contributed by atoms with Crippen molar-refractivity contribution >= 4 is 17.8 Å². The maximum atomic E-state index is 14.8. The van der Waals surface area contributed by atoms with Crippen LogP contribution in [-0.2, 0) is 23.9 Å². The van der Waals surface area contributed by atoms with E-state index in [2.05, 4.69) is 47.8 Å². The first-order chi connectivity index (χ1) is 19.1. The van der Waals surface area contributed by atoms with Crippen LogP contribution in [0.15, 0.2) is 25.3 Å². The number of carbonyl (C=O) groups excluding carboxylic acids is 3. The minimum absolute atomic E-state index is 0.0352. The molecule has 3 saturated heterocycles. The Hall–Kier alpha value is -2.19. The highest BCUT2D eigenvalue weighted by Crippen LogP contribution is 2.65. The van der Waals surface area contributed by atoms with Crippen molar-refractivity contribution in [2.75, 3.05) is 26.3 Å². The zero-order chi connectivity index (χ0) is 30.8. The van der Waals surface area contributed by atoms with Crippen LogP contribution < -0.4 is 0 Å². The van der Waals surface area contributed by atoms with Crippen LogP contribution in [0, 0.1) is 23.2 Å². The number of nitrogens with zero attached hydrogens (tertiary/aromatic N) is 2. The molecule has 3 aliphatic heterocycles. The van der Waals surface area contributed by atoms with E-state index in [9.17, 15) is 19.5 Å². The number of hydrogen-bond acceptors (Lipinski definition) is 6. The van der Waals surface area contributed by atoms with Crippen molar-refractivity contribution in [3.05, 3.63) is 25.3 Å². The Labute approximate surface area is 247 Å². The summed E-state index contributed by atoms with van der Waals surface area (Å²) in [6, 6.07) is -0.840. The molecule has 0 radical (unpaired) electrons. The molecule has 3 fully saturated rings. The van der Waals surface area contributed by atoms with Crippen LogP contribution in [0.25, 0.3) is 0 Å². The van der Waals surface area contributed by atoms with E-state index in [4.69, 9.17) is 9.47 Å². The zero-order valence-corrected chi connectivity index (χ0v) is 26.5. The average molecular weight is 575 g/mol. The molecule has 2 bridgehead atoms. The van der Waals surface area contributed by atoms with Crippen molar-refractivity contribution in [2.45, 2.75) is 116 Å². The quantitative estimate of drug-likeness (QED) is 0.170. The molecule has 0 aliphatic carbocycles. The fraction of sp³-hybridized carbons (Fsp3) is 0.788. The molecule has 8 nitrogen and oxygen atoms in total. The van der Waals surface area contributed by atoms with Gasteiger partial charge >= 0.3 is 5.97 Å². The Kier molecular flexibility index (Phi) is 10.2. The summed E-state index contributed by atoms with van der Waals surface area (Å²) >= 11 is 0. The van der Waals surface area contributed by atoms with E-state index in [1.165, 1.54) is 0 Å². The lowest BCUT2D eigenvalue weighted by Gasteiger charge is -2.45. The van der Waals surface area contributed by atoms with Gasteiger partial charge in [0.1, 0.15) is 17.6 Å². The van der Waals surface area contributed by atoms with Gasteiger partial charge in [-0.05, 0) is 64.2 Å². The molecule has 3 unspecified atom stereocenters. The largest absolute Gasteiger partial charge is 0.465 e. The van der Waals surface area contributed by atoms with Gasteiger partial charge in [-0.3, -0.25) is 14.4 Å². The number of carbonyl (C=O) groups is 3. The predicted octanol–water partition coefficient (Wildman–Crippen LogP) is 4.90. The van der Waals surface area contributed by atoms with Gasteiger partial charge in [-0.2, -0.15) is 0 Å². The molecule has 0 aromatic heterocycles. The standard InChI is InChI=1S/C33H54N2O6/c1-10-12-20-40-29(39)25-24-27(37)34(18-15-13-14-16-19-36)26(33(24)21-23(3)32(25,9)41-33)28(38)35(17-11-2)31(7,8)22-30(4,5)6/h10-11,23-26,36H,1-2,12-22H2,3-9H3/t23?,24-,25+,26?,32-,33?/m0/s1. The Balaban J connectivity index is 2.07. The van der Waals surface area contributed by atoms with Gasteiger partial charge in [0, 0.05) is 25.2 Å². The number of unbranched alkanes of at least 4 members (excludes halogenated alkanes) is 3.